The number of halogens is 3. The van der Waals surface area contributed by atoms with Gasteiger partial charge in [0.1, 0.15) is 12.6 Å². The molecular weight excluding hydrogens is 658 g/mol. The first-order valence-electron chi connectivity index (χ1n) is 16.5. The number of hydrogen-bond donors (Lipinski definition) is 1. The van der Waals surface area contributed by atoms with Crippen LogP contribution in [0.4, 0.5) is 13.2 Å². The maximum absolute atomic E-state index is 14.3. The number of amides is 2. The minimum absolute atomic E-state index is 0.0485. The molecule has 8 nitrogen and oxygen atoms in total. The van der Waals surface area contributed by atoms with Gasteiger partial charge in [-0.1, -0.05) is 51.7 Å². The van der Waals surface area contributed by atoms with E-state index in [0.29, 0.717) is 28.8 Å². The van der Waals surface area contributed by atoms with Crippen molar-refractivity contribution in [1.82, 2.24) is 19.2 Å². The van der Waals surface area contributed by atoms with Gasteiger partial charge < -0.3 is 9.30 Å². The first-order chi connectivity index (χ1) is 22.2. The molecule has 1 aliphatic heterocycles. The molecule has 2 amide bonds. The van der Waals surface area contributed by atoms with Gasteiger partial charge in [0.25, 0.3) is 11.8 Å². The standard InChI is InChI=1S/C35H47F3N4O4SSi/c1-33(2,3)47(45)40-27(20-34(4,5)35(36,37)38)30-39-26-19-23(15-16-28(26)41(30)21-46-17-18-48(6,7)8)29(22-13-14-22)42-31(43)24-11-9-10-12-25(24)32(42)44/h9-12,15-16,19,22,27,29,40H,13-14,17-18,20-21H2,1-8H3/t27?,29-,47-/m1/s1. The topological polar surface area (TPSA) is 93.5 Å². The Bertz CT molecular complexity index is 1690. The molecular formula is C35H47F3N4O4SSi. The smallest absolute Gasteiger partial charge is 0.361 e. The highest BCUT2D eigenvalue weighted by Gasteiger charge is 2.50. The molecule has 1 saturated carbocycles. The van der Waals surface area contributed by atoms with Crippen molar-refractivity contribution < 1.29 is 31.7 Å². The highest BCUT2D eigenvalue weighted by atomic mass is 32.2. The number of nitrogens with zero attached hydrogens (tertiary/aromatic N) is 3. The van der Waals surface area contributed by atoms with Crippen LogP contribution in [-0.2, 0) is 22.5 Å². The maximum atomic E-state index is 14.3. The highest BCUT2D eigenvalue weighted by Crippen LogP contribution is 2.48. The molecule has 5 rings (SSSR count). The first-order valence-corrected chi connectivity index (χ1v) is 21.3. The second kappa shape index (κ2) is 13.1. The normalized spacial score (nSPS) is 18.0. The molecule has 1 aromatic heterocycles. The monoisotopic (exact) mass is 704 g/mol. The molecule has 2 aliphatic rings. The van der Waals surface area contributed by atoms with Crippen LogP contribution in [0.25, 0.3) is 11.0 Å². The summed E-state index contributed by atoms with van der Waals surface area (Å²) in [6.45, 7) is 14.8. The van der Waals surface area contributed by atoms with Gasteiger partial charge in [-0.2, -0.15) is 13.2 Å². The molecule has 0 saturated heterocycles. The van der Waals surface area contributed by atoms with E-state index in [2.05, 4.69) is 24.4 Å². The molecule has 48 heavy (non-hydrogen) atoms. The zero-order chi connectivity index (χ0) is 35.4. The molecule has 2 heterocycles. The maximum Gasteiger partial charge on any atom is 0.394 e. The molecule has 0 bridgehead atoms. The Morgan fingerprint density at radius 2 is 1.60 bits per heavy atom. The minimum Gasteiger partial charge on any atom is -0.361 e. The number of alkyl halides is 3. The predicted molar refractivity (Wildman–Crippen MR) is 184 cm³/mol. The quantitative estimate of drug-likeness (QED) is 0.110. The third-order valence-corrected chi connectivity index (χ3v) is 12.4. The number of imide groups is 1. The lowest BCUT2D eigenvalue weighted by Crippen LogP contribution is -2.41. The summed E-state index contributed by atoms with van der Waals surface area (Å²) in [6, 6.07) is 11.7. The largest absolute Gasteiger partial charge is 0.394 e. The lowest BCUT2D eigenvalue weighted by Gasteiger charge is -2.33. The van der Waals surface area contributed by atoms with E-state index >= 15 is 0 Å². The van der Waals surface area contributed by atoms with Gasteiger partial charge in [-0.05, 0) is 81.8 Å². The lowest BCUT2D eigenvalue weighted by molar-refractivity contribution is -0.215. The Hall–Kier alpha value is -2.87. The van der Waals surface area contributed by atoms with Gasteiger partial charge in [0.2, 0.25) is 0 Å². The molecule has 262 valence electrons. The van der Waals surface area contributed by atoms with Crippen LogP contribution in [0.5, 0.6) is 0 Å². The molecule has 1 N–H and O–H groups in total. The van der Waals surface area contributed by atoms with Crippen LogP contribution in [0.2, 0.25) is 25.7 Å². The van der Waals surface area contributed by atoms with E-state index in [-0.39, 0.29) is 30.3 Å². The van der Waals surface area contributed by atoms with Gasteiger partial charge in [-0.3, -0.25) is 14.5 Å². The van der Waals surface area contributed by atoms with E-state index in [4.69, 9.17) is 9.72 Å². The number of fused-ring (bicyclic) bond motifs is 2. The van der Waals surface area contributed by atoms with Crippen molar-refractivity contribution in [2.45, 2.75) is 109 Å². The second-order valence-electron chi connectivity index (χ2n) is 15.9. The van der Waals surface area contributed by atoms with Crippen LogP contribution in [0.1, 0.15) is 98.1 Å². The summed E-state index contributed by atoms with van der Waals surface area (Å²) in [5, 5.41) is 0. The molecule has 0 spiro atoms. The zero-order valence-corrected chi connectivity index (χ0v) is 30.8. The number of benzene rings is 2. The predicted octanol–water partition coefficient (Wildman–Crippen LogP) is 8.17. The molecule has 1 fully saturated rings. The summed E-state index contributed by atoms with van der Waals surface area (Å²) in [7, 11) is -3.13. The number of hydrogen-bond acceptors (Lipinski definition) is 5. The van der Waals surface area contributed by atoms with Gasteiger partial charge in [0.05, 0.1) is 55.4 Å². The van der Waals surface area contributed by atoms with Crippen LogP contribution >= 0.6 is 0 Å². The summed E-state index contributed by atoms with van der Waals surface area (Å²) >= 11 is 0. The van der Waals surface area contributed by atoms with Crippen LogP contribution in [-0.4, -0.2) is 56.1 Å². The van der Waals surface area contributed by atoms with Crippen molar-refractivity contribution in [1.29, 1.82) is 0 Å². The summed E-state index contributed by atoms with van der Waals surface area (Å²) in [5.74, 6) is -0.294. The number of aromatic nitrogens is 2. The number of imidazole rings is 1. The van der Waals surface area contributed by atoms with Gasteiger partial charge in [0, 0.05) is 14.7 Å². The number of rotatable bonds is 13. The summed E-state index contributed by atoms with van der Waals surface area (Å²) in [4.78, 5) is 33.3. The van der Waals surface area contributed by atoms with Crippen molar-refractivity contribution in [3.63, 3.8) is 0 Å². The second-order valence-corrected chi connectivity index (χ2v) is 23.6. The van der Waals surface area contributed by atoms with E-state index in [1.807, 2.05) is 18.2 Å². The molecule has 1 unspecified atom stereocenters. The van der Waals surface area contributed by atoms with E-state index in [1.54, 1.807) is 49.6 Å². The van der Waals surface area contributed by atoms with E-state index < -0.39 is 53.9 Å². The van der Waals surface area contributed by atoms with Crippen molar-refractivity contribution >= 4 is 41.9 Å². The van der Waals surface area contributed by atoms with Gasteiger partial charge in [-0.15, -0.1) is 0 Å². The van der Waals surface area contributed by atoms with Gasteiger partial charge in [-0.25, -0.2) is 13.9 Å². The number of carbonyl (C=O) groups is 2. The molecule has 1 aliphatic carbocycles. The van der Waals surface area contributed by atoms with E-state index in [1.165, 1.54) is 4.90 Å². The first kappa shape index (κ1) is 36.4. The SMILES string of the molecule is CC(C)(C)[S@@](=O)NC(CC(C)(C)C(F)(F)F)c1nc2cc([C@@H](C3CC3)N3C(=O)c4ccccc4C3=O)ccc2n1COCC[Si](C)(C)C. The number of nitrogens with one attached hydrogen (secondary N) is 1. The number of carbonyl (C=O) groups excluding carboxylic acids is 2. The van der Waals surface area contributed by atoms with Crippen molar-refractivity contribution in [3.05, 3.63) is 65.0 Å². The molecule has 13 heteroatoms. The third kappa shape index (κ3) is 7.63. The molecule has 0 radical (unpaired) electrons. The molecule has 3 aromatic rings. The van der Waals surface area contributed by atoms with E-state index in [9.17, 15) is 27.0 Å². The average molecular weight is 705 g/mol. The zero-order valence-electron chi connectivity index (χ0n) is 29.0. The molecule has 2 aromatic carbocycles. The van der Waals surface area contributed by atoms with Crippen LogP contribution < -0.4 is 4.72 Å². The summed E-state index contributed by atoms with van der Waals surface area (Å²) in [5.41, 5.74) is 0.498. The van der Waals surface area contributed by atoms with Crippen molar-refractivity contribution in [3.8, 4) is 0 Å². The average Bonchev–Trinajstić information content (AvgIpc) is 3.70. The van der Waals surface area contributed by atoms with Gasteiger partial charge in [0.15, 0.2) is 0 Å². The highest BCUT2D eigenvalue weighted by molar-refractivity contribution is 7.84. The fourth-order valence-corrected chi connectivity index (χ4v) is 7.46. The van der Waals surface area contributed by atoms with Crippen molar-refractivity contribution in [2.24, 2.45) is 11.3 Å². The summed E-state index contributed by atoms with van der Waals surface area (Å²) in [6.07, 6.45) is -3.21. The Labute approximate surface area is 284 Å². The number of ether oxygens (including phenoxy) is 1. The fourth-order valence-electron chi connectivity index (χ4n) is 5.91. The van der Waals surface area contributed by atoms with Crippen molar-refractivity contribution in [2.75, 3.05) is 6.61 Å². The Kier molecular flexibility index (Phi) is 9.94. The Morgan fingerprint density at radius 1 is 1.00 bits per heavy atom. The van der Waals surface area contributed by atoms with Gasteiger partial charge >= 0.3 is 6.18 Å². The fraction of sp³-hybridized carbons (Fsp3) is 0.571. The lowest BCUT2D eigenvalue weighted by atomic mass is 9.85. The Morgan fingerprint density at radius 3 is 2.12 bits per heavy atom. The molecule has 3 atom stereocenters. The van der Waals surface area contributed by atoms with Crippen LogP contribution in [0, 0.1) is 11.3 Å². The van der Waals surface area contributed by atoms with Crippen LogP contribution in [0.3, 0.4) is 0 Å². The minimum atomic E-state index is -4.52. The van der Waals surface area contributed by atoms with E-state index in [0.717, 1.165) is 38.3 Å². The van der Waals surface area contributed by atoms with Crippen LogP contribution in [0.15, 0.2) is 42.5 Å². The summed E-state index contributed by atoms with van der Waals surface area (Å²) < 4.78 is 66.3. The Balaban J connectivity index is 1.59. The third-order valence-electron chi connectivity index (χ3n) is 9.13.